The van der Waals surface area contributed by atoms with Crippen molar-refractivity contribution < 1.29 is 9.18 Å². The van der Waals surface area contributed by atoms with E-state index in [9.17, 15) is 9.18 Å². The van der Waals surface area contributed by atoms with E-state index >= 15 is 0 Å². The summed E-state index contributed by atoms with van der Waals surface area (Å²) in [4.78, 5) is 13.4. The molecule has 1 N–H and O–H groups in total. The molecule has 0 bridgehead atoms. The summed E-state index contributed by atoms with van der Waals surface area (Å²) in [5, 5.41) is 2.63. The molecule has 4 heteroatoms. The minimum absolute atomic E-state index is 0.226. The summed E-state index contributed by atoms with van der Waals surface area (Å²) in [6.45, 7) is 3.20. The maximum absolute atomic E-state index is 12.7. The van der Waals surface area contributed by atoms with Gasteiger partial charge in [0.2, 0.25) is 0 Å². The van der Waals surface area contributed by atoms with Crippen LogP contribution in [0.3, 0.4) is 0 Å². The van der Waals surface area contributed by atoms with E-state index in [1.165, 1.54) is 11.3 Å². The van der Waals surface area contributed by atoms with E-state index in [1.807, 2.05) is 26.0 Å². The first-order chi connectivity index (χ1) is 8.17. The van der Waals surface area contributed by atoms with Crippen LogP contribution in [-0.2, 0) is 0 Å². The largest absolute Gasteiger partial charge is 0.342 e. The Morgan fingerprint density at radius 2 is 2.29 bits per heavy atom. The van der Waals surface area contributed by atoms with Crippen LogP contribution >= 0.6 is 11.3 Å². The predicted molar refractivity (Wildman–Crippen MR) is 70.2 cm³/mol. The summed E-state index contributed by atoms with van der Waals surface area (Å²) in [6.07, 6.45) is 7.00. The Morgan fingerprint density at radius 1 is 1.53 bits per heavy atom. The molecule has 0 radical (unpaired) electrons. The minimum Gasteiger partial charge on any atom is -0.342 e. The Labute approximate surface area is 105 Å². The van der Waals surface area contributed by atoms with Gasteiger partial charge in [0.15, 0.2) is 0 Å². The highest BCUT2D eigenvalue weighted by Crippen LogP contribution is 2.14. The van der Waals surface area contributed by atoms with Gasteiger partial charge >= 0.3 is 0 Å². The van der Waals surface area contributed by atoms with Crippen LogP contribution in [0.15, 0.2) is 36.4 Å². The molecule has 1 atom stereocenters. The lowest BCUT2D eigenvalue weighted by atomic mass is 10.2. The molecular formula is C13H16FNOS. The molecule has 0 aliphatic rings. The van der Waals surface area contributed by atoms with E-state index in [2.05, 4.69) is 5.32 Å². The molecule has 0 saturated carbocycles. The SMILES string of the molecule is CC=CC=CC(CF)NC(=O)c1ccc(C)s1. The number of halogens is 1. The zero-order valence-electron chi connectivity index (χ0n) is 9.94. The molecule has 0 aliphatic heterocycles. The van der Waals surface area contributed by atoms with Crippen LogP contribution in [0.25, 0.3) is 0 Å². The fraction of sp³-hybridized carbons (Fsp3) is 0.308. The fourth-order valence-electron chi connectivity index (χ4n) is 1.24. The molecule has 92 valence electrons. The van der Waals surface area contributed by atoms with Gasteiger partial charge in [-0.3, -0.25) is 4.79 Å². The number of thiophene rings is 1. The van der Waals surface area contributed by atoms with Crippen LogP contribution < -0.4 is 5.32 Å². The molecule has 17 heavy (non-hydrogen) atoms. The quantitative estimate of drug-likeness (QED) is 0.802. The zero-order chi connectivity index (χ0) is 12.7. The van der Waals surface area contributed by atoms with E-state index in [1.54, 1.807) is 24.3 Å². The normalized spacial score (nSPS) is 13.4. The number of carbonyl (C=O) groups excluding carboxylic acids is 1. The van der Waals surface area contributed by atoms with E-state index in [-0.39, 0.29) is 5.91 Å². The lowest BCUT2D eigenvalue weighted by Crippen LogP contribution is -2.34. The molecule has 1 rings (SSSR count). The number of amides is 1. The van der Waals surface area contributed by atoms with Crippen molar-refractivity contribution in [3.05, 3.63) is 46.2 Å². The van der Waals surface area contributed by atoms with Gasteiger partial charge in [0.05, 0.1) is 10.9 Å². The summed E-state index contributed by atoms with van der Waals surface area (Å²) in [5.74, 6) is -0.226. The van der Waals surface area contributed by atoms with Crippen molar-refractivity contribution in [1.82, 2.24) is 5.32 Å². The smallest absolute Gasteiger partial charge is 0.261 e. The Morgan fingerprint density at radius 3 is 2.82 bits per heavy atom. The van der Waals surface area contributed by atoms with Gasteiger partial charge in [0.1, 0.15) is 6.67 Å². The third kappa shape index (κ3) is 4.53. The number of hydrogen-bond donors (Lipinski definition) is 1. The summed E-state index contributed by atoms with van der Waals surface area (Å²) in [6, 6.07) is 3.06. The van der Waals surface area contributed by atoms with Gasteiger partial charge in [-0.05, 0) is 26.0 Å². The minimum atomic E-state index is -0.607. The van der Waals surface area contributed by atoms with Crippen LogP contribution in [0.5, 0.6) is 0 Å². The van der Waals surface area contributed by atoms with Crippen molar-refractivity contribution in [2.24, 2.45) is 0 Å². The van der Waals surface area contributed by atoms with Crippen molar-refractivity contribution >= 4 is 17.2 Å². The van der Waals surface area contributed by atoms with Gasteiger partial charge in [-0.25, -0.2) is 4.39 Å². The molecule has 0 spiro atoms. The molecule has 1 aromatic heterocycles. The summed E-state index contributed by atoms with van der Waals surface area (Å²) < 4.78 is 12.7. The molecule has 0 fully saturated rings. The number of hydrogen-bond acceptors (Lipinski definition) is 2. The van der Waals surface area contributed by atoms with Crippen molar-refractivity contribution in [2.45, 2.75) is 19.9 Å². The lowest BCUT2D eigenvalue weighted by Gasteiger charge is -2.09. The highest BCUT2D eigenvalue weighted by atomic mass is 32.1. The molecule has 2 nitrogen and oxygen atoms in total. The summed E-state index contributed by atoms with van der Waals surface area (Å²) in [5.41, 5.74) is 0. The average Bonchev–Trinajstić information content (AvgIpc) is 2.74. The first-order valence-corrected chi connectivity index (χ1v) is 6.21. The van der Waals surface area contributed by atoms with Crippen LogP contribution in [0, 0.1) is 6.92 Å². The number of carbonyl (C=O) groups is 1. The van der Waals surface area contributed by atoms with Crippen LogP contribution in [0.1, 0.15) is 21.5 Å². The second-order valence-corrected chi connectivity index (χ2v) is 4.84. The molecule has 1 heterocycles. The maximum Gasteiger partial charge on any atom is 0.261 e. The molecule has 1 aromatic rings. The Bertz CT molecular complexity index is 423. The number of rotatable bonds is 5. The predicted octanol–water partition coefficient (Wildman–Crippen LogP) is 3.26. The molecule has 1 unspecified atom stereocenters. The first-order valence-electron chi connectivity index (χ1n) is 5.40. The summed E-state index contributed by atoms with van der Waals surface area (Å²) in [7, 11) is 0. The van der Waals surface area contributed by atoms with E-state index in [0.29, 0.717) is 4.88 Å². The van der Waals surface area contributed by atoms with Crippen LogP contribution in [-0.4, -0.2) is 18.6 Å². The second-order valence-electron chi connectivity index (χ2n) is 3.56. The van der Waals surface area contributed by atoms with Crippen molar-refractivity contribution in [3.8, 4) is 0 Å². The Hall–Kier alpha value is -1.42. The monoisotopic (exact) mass is 253 g/mol. The summed E-state index contributed by atoms with van der Waals surface area (Å²) >= 11 is 1.40. The van der Waals surface area contributed by atoms with Gasteiger partial charge in [0.25, 0.3) is 5.91 Å². The van der Waals surface area contributed by atoms with Crippen molar-refractivity contribution in [2.75, 3.05) is 6.67 Å². The van der Waals surface area contributed by atoms with Crippen molar-refractivity contribution in [1.29, 1.82) is 0 Å². The molecule has 0 saturated heterocycles. The third-order valence-corrected chi connectivity index (χ3v) is 3.09. The number of allylic oxidation sites excluding steroid dienone is 3. The number of nitrogens with one attached hydrogen (secondary N) is 1. The second kappa shape index (κ2) is 7.01. The molecular weight excluding hydrogens is 237 g/mol. The first kappa shape index (κ1) is 13.6. The standard InChI is InChI=1S/C13H16FNOS/c1-3-4-5-6-11(9-14)15-13(16)12-8-7-10(2)17-12/h3-8,11H,9H2,1-2H3,(H,15,16). The molecule has 1 amide bonds. The van der Waals surface area contributed by atoms with Crippen LogP contribution in [0.2, 0.25) is 0 Å². The highest BCUT2D eigenvalue weighted by molar-refractivity contribution is 7.13. The Kier molecular flexibility index (Phi) is 5.63. The van der Waals surface area contributed by atoms with Gasteiger partial charge in [-0.15, -0.1) is 11.3 Å². The number of alkyl halides is 1. The highest BCUT2D eigenvalue weighted by Gasteiger charge is 2.12. The Balaban J connectivity index is 2.59. The van der Waals surface area contributed by atoms with Gasteiger partial charge in [-0.1, -0.05) is 24.3 Å². The average molecular weight is 253 g/mol. The van der Waals surface area contributed by atoms with E-state index < -0.39 is 12.7 Å². The van der Waals surface area contributed by atoms with Crippen LogP contribution in [0.4, 0.5) is 4.39 Å². The van der Waals surface area contributed by atoms with E-state index in [4.69, 9.17) is 0 Å². The fourth-order valence-corrected chi connectivity index (χ4v) is 2.01. The molecule has 0 aromatic carbocycles. The third-order valence-electron chi connectivity index (χ3n) is 2.09. The topological polar surface area (TPSA) is 29.1 Å². The van der Waals surface area contributed by atoms with Gasteiger partial charge < -0.3 is 5.32 Å². The van der Waals surface area contributed by atoms with Gasteiger partial charge in [-0.2, -0.15) is 0 Å². The lowest BCUT2D eigenvalue weighted by molar-refractivity contribution is 0.0943. The zero-order valence-corrected chi connectivity index (χ0v) is 10.8. The maximum atomic E-state index is 12.7. The van der Waals surface area contributed by atoms with Gasteiger partial charge in [0, 0.05) is 4.88 Å². The van der Waals surface area contributed by atoms with Crippen molar-refractivity contribution in [3.63, 3.8) is 0 Å². The number of aryl methyl sites for hydroxylation is 1. The molecule has 0 aliphatic carbocycles. The van der Waals surface area contributed by atoms with E-state index in [0.717, 1.165) is 4.88 Å².